The van der Waals surface area contributed by atoms with Gasteiger partial charge in [-0.25, -0.2) is 0 Å². The molecule has 0 fully saturated rings. The summed E-state index contributed by atoms with van der Waals surface area (Å²) in [7, 11) is 3.44. The molecule has 0 spiro atoms. The van der Waals surface area contributed by atoms with Crippen LogP contribution in [0.25, 0.3) is 11.6 Å². The summed E-state index contributed by atoms with van der Waals surface area (Å²) in [6, 6.07) is 10.5. The van der Waals surface area contributed by atoms with Crippen molar-refractivity contribution in [1.82, 2.24) is 25.3 Å². The first-order valence-electron chi connectivity index (χ1n) is 9.18. The summed E-state index contributed by atoms with van der Waals surface area (Å²) in [5.41, 5.74) is 0.685. The Morgan fingerprint density at radius 1 is 1.16 bits per heavy atom. The Labute approximate surface area is 194 Å². The first-order chi connectivity index (χ1) is 14.4. The lowest BCUT2D eigenvalue weighted by Gasteiger charge is -2.22. The van der Waals surface area contributed by atoms with Crippen molar-refractivity contribution in [3.05, 3.63) is 65.6 Å². The highest BCUT2D eigenvalue weighted by Gasteiger charge is 2.29. The quantitative estimate of drug-likeness (QED) is 0.286. The molecule has 0 aliphatic rings. The molecule has 7 nitrogen and oxygen atoms in total. The molecule has 2 aromatic heterocycles. The van der Waals surface area contributed by atoms with Crippen LogP contribution in [-0.2, 0) is 19.1 Å². The predicted octanol–water partition coefficient (Wildman–Crippen LogP) is 4.02. The molecule has 0 aliphatic heterocycles. The molecule has 3 rings (SSSR count). The van der Waals surface area contributed by atoms with Crippen LogP contribution in [0.4, 0.5) is 13.2 Å². The van der Waals surface area contributed by atoms with Gasteiger partial charge >= 0.3 is 6.18 Å². The molecule has 0 bridgehead atoms. The number of nitrogens with zero attached hydrogens (tertiary/aromatic N) is 5. The highest BCUT2D eigenvalue weighted by atomic mass is 127. The Balaban J connectivity index is 0.00000341. The van der Waals surface area contributed by atoms with Crippen LogP contribution in [-0.4, -0.2) is 46.6 Å². The van der Waals surface area contributed by atoms with Crippen molar-refractivity contribution >= 4 is 29.9 Å². The SMILES string of the molecule is CN=C(NCCc1noc(-c2ccccn2)n1)N(C)Cc1ccc(C(F)(F)F)cc1.I. The minimum absolute atomic E-state index is 0. The van der Waals surface area contributed by atoms with E-state index in [-0.39, 0.29) is 24.0 Å². The average Bonchev–Trinajstić information content (AvgIpc) is 3.20. The number of hydrogen-bond donors (Lipinski definition) is 1. The second-order valence-corrected chi connectivity index (χ2v) is 6.51. The fourth-order valence-corrected chi connectivity index (χ4v) is 2.77. The topological polar surface area (TPSA) is 79.4 Å². The van der Waals surface area contributed by atoms with E-state index in [0.717, 1.165) is 17.7 Å². The molecular weight excluding hydrogens is 524 g/mol. The minimum atomic E-state index is -4.34. The molecule has 1 N–H and O–H groups in total. The Kier molecular flexibility index (Phi) is 8.77. The first kappa shape index (κ1) is 24.6. The number of pyridine rings is 1. The maximum Gasteiger partial charge on any atom is 0.416 e. The molecule has 11 heteroatoms. The molecule has 0 radical (unpaired) electrons. The number of rotatable bonds is 6. The van der Waals surface area contributed by atoms with E-state index < -0.39 is 11.7 Å². The molecule has 3 aromatic rings. The zero-order valence-electron chi connectivity index (χ0n) is 16.9. The molecule has 0 aliphatic carbocycles. The minimum Gasteiger partial charge on any atom is -0.356 e. The van der Waals surface area contributed by atoms with Gasteiger partial charge in [-0.1, -0.05) is 23.4 Å². The third-order valence-electron chi connectivity index (χ3n) is 4.26. The monoisotopic (exact) mass is 546 g/mol. The Bertz CT molecular complexity index is 977. The van der Waals surface area contributed by atoms with E-state index in [1.54, 1.807) is 32.4 Å². The maximum absolute atomic E-state index is 12.7. The molecule has 0 saturated heterocycles. The summed E-state index contributed by atoms with van der Waals surface area (Å²) < 4.78 is 43.3. The number of alkyl halides is 3. The molecule has 2 heterocycles. The summed E-state index contributed by atoms with van der Waals surface area (Å²) in [5, 5.41) is 7.13. The van der Waals surface area contributed by atoms with E-state index in [1.807, 2.05) is 11.0 Å². The van der Waals surface area contributed by atoms with Crippen molar-refractivity contribution in [3.8, 4) is 11.6 Å². The van der Waals surface area contributed by atoms with Crippen molar-refractivity contribution in [1.29, 1.82) is 0 Å². The third-order valence-corrected chi connectivity index (χ3v) is 4.26. The average molecular weight is 546 g/mol. The summed E-state index contributed by atoms with van der Waals surface area (Å²) in [4.78, 5) is 14.5. The van der Waals surface area contributed by atoms with E-state index >= 15 is 0 Å². The van der Waals surface area contributed by atoms with Gasteiger partial charge in [-0.05, 0) is 29.8 Å². The van der Waals surface area contributed by atoms with Crippen molar-refractivity contribution in [2.75, 3.05) is 20.6 Å². The molecular formula is C20H22F3IN6O. The van der Waals surface area contributed by atoms with Crippen molar-refractivity contribution in [3.63, 3.8) is 0 Å². The molecule has 0 atom stereocenters. The van der Waals surface area contributed by atoms with Gasteiger partial charge in [-0.15, -0.1) is 24.0 Å². The van der Waals surface area contributed by atoms with Crippen molar-refractivity contribution < 1.29 is 17.7 Å². The van der Waals surface area contributed by atoms with Crippen LogP contribution in [0.2, 0.25) is 0 Å². The lowest BCUT2D eigenvalue weighted by atomic mass is 10.1. The molecule has 166 valence electrons. The Hall–Kier alpha value is -2.70. The van der Waals surface area contributed by atoms with Crippen LogP contribution < -0.4 is 5.32 Å². The summed E-state index contributed by atoms with van der Waals surface area (Å²) in [6.07, 6.45) is -2.19. The number of benzene rings is 1. The Morgan fingerprint density at radius 3 is 2.52 bits per heavy atom. The van der Waals surface area contributed by atoms with E-state index in [9.17, 15) is 13.2 Å². The smallest absolute Gasteiger partial charge is 0.356 e. The first-order valence-corrected chi connectivity index (χ1v) is 9.18. The van der Waals surface area contributed by atoms with Crippen LogP contribution in [0.1, 0.15) is 17.0 Å². The van der Waals surface area contributed by atoms with Crippen LogP contribution in [0.5, 0.6) is 0 Å². The van der Waals surface area contributed by atoms with Crippen LogP contribution in [0.15, 0.2) is 58.2 Å². The zero-order chi connectivity index (χ0) is 21.6. The predicted molar refractivity (Wildman–Crippen MR) is 121 cm³/mol. The van der Waals surface area contributed by atoms with Gasteiger partial charge in [0, 0.05) is 39.8 Å². The highest BCUT2D eigenvalue weighted by Crippen LogP contribution is 2.29. The molecule has 0 unspecified atom stereocenters. The summed E-state index contributed by atoms with van der Waals surface area (Å²) >= 11 is 0. The standard InChI is InChI=1S/C20H21F3N6O.HI/c1-24-19(29(2)13-14-6-8-15(9-7-14)20(21,22)23)26-12-10-17-27-18(30-28-17)16-5-3-4-11-25-16;/h3-9,11H,10,12-13H2,1-2H3,(H,24,26);1H. The van der Waals surface area contributed by atoms with Gasteiger partial charge in [-0.3, -0.25) is 9.98 Å². The van der Waals surface area contributed by atoms with Gasteiger partial charge in [0.05, 0.1) is 5.56 Å². The molecule has 1 aromatic carbocycles. The fourth-order valence-electron chi connectivity index (χ4n) is 2.77. The Morgan fingerprint density at radius 2 is 1.90 bits per heavy atom. The zero-order valence-corrected chi connectivity index (χ0v) is 19.3. The van der Waals surface area contributed by atoms with Gasteiger partial charge < -0.3 is 14.7 Å². The van der Waals surface area contributed by atoms with Gasteiger partial charge in [0.25, 0.3) is 5.89 Å². The molecule has 0 amide bonds. The second kappa shape index (κ2) is 11.1. The van der Waals surface area contributed by atoms with Crippen LogP contribution in [0.3, 0.4) is 0 Å². The van der Waals surface area contributed by atoms with Gasteiger partial charge in [-0.2, -0.15) is 18.2 Å². The number of aromatic nitrogens is 3. The number of nitrogens with one attached hydrogen (secondary N) is 1. The lowest BCUT2D eigenvalue weighted by molar-refractivity contribution is -0.137. The summed E-state index contributed by atoms with van der Waals surface area (Å²) in [6.45, 7) is 0.912. The van der Waals surface area contributed by atoms with Gasteiger partial charge in [0.15, 0.2) is 11.8 Å². The summed E-state index contributed by atoms with van der Waals surface area (Å²) in [5.74, 6) is 1.49. The van der Waals surface area contributed by atoms with E-state index in [1.165, 1.54) is 12.1 Å². The van der Waals surface area contributed by atoms with Gasteiger partial charge in [0.2, 0.25) is 0 Å². The normalized spacial score (nSPS) is 11.7. The number of guanidine groups is 1. The lowest BCUT2D eigenvalue weighted by Crippen LogP contribution is -2.39. The molecule has 31 heavy (non-hydrogen) atoms. The van der Waals surface area contributed by atoms with Gasteiger partial charge in [0.1, 0.15) is 5.69 Å². The van der Waals surface area contributed by atoms with Crippen molar-refractivity contribution in [2.45, 2.75) is 19.1 Å². The second-order valence-electron chi connectivity index (χ2n) is 6.51. The van der Waals surface area contributed by atoms with Crippen LogP contribution in [0, 0.1) is 0 Å². The number of aliphatic imine (C=N–C) groups is 1. The van der Waals surface area contributed by atoms with Crippen molar-refractivity contribution in [2.24, 2.45) is 4.99 Å². The largest absolute Gasteiger partial charge is 0.416 e. The highest BCUT2D eigenvalue weighted by molar-refractivity contribution is 14.0. The van der Waals surface area contributed by atoms with E-state index in [0.29, 0.717) is 42.9 Å². The van der Waals surface area contributed by atoms with E-state index in [2.05, 4.69) is 25.4 Å². The number of halogens is 4. The van der Waals surface area contributed by atoms with Crippen LogP contribution >= 0.6 is 24.0 Å². The fraction of sp³-hybridized carbons (Fsp3) is 0.300. The maximum atomic E-state index is 12.7. The number of hydrogen-bond acceptors (Lipinski definition) is 5. The molecule has 0 saturated carbocycles. The third kappa shape index (κ3) is 6.91. The van der Waals surface area contributed by atoms with E-state index in [4.69, 9.17) is 4.52 Å².